The highest BCUT2D eigenvalue weighted by atomic mass is 32.1. The van der Waals surface area contributed by atoms with Crippen LogP contribution in [-0.2, 0) is 16.0 Å². The summed E-state index contributed by atoms with van der Waals surface area (Å²) in [7, 11) is 0. The molecule has 26 heavy (non-hydrogen) atoms. The fourth-order valence-electron chi connectivity index (χ4n) is 3.67. The van der Waals surface area contributed by atoms with Crippen LogP contribution in [0.1, 0.15) is 59.2 Å². The number of thiophene rings is 1. The van der Waals surface area contributed by atoms with E-state index in [9.17, 15) is 14.7 Å². The van der Waals surface area contributed by atoms with Gasteiger partial charge in [-0.05, 0) is 69.0 Å². The molecule has 136 valence electrons. The number of aryl methyl sites for hydroxylation is 1. The fourth-order valence-corrected chi connectivity index (χ4v) is 6.01. The predicted octanol–water partition coefficient (Wildman–Crippen LogP) is 4.44. The summed E-state index contributed by atoms with van der Waals surface area (Å²) in [5.41, 5.74) is 3.08. The summed E-state index contributed by atoms with van der Waals surface area (Å²) in [4.78, 5) is 31.2. The number of aromatic nitrogens is 2. The Kier molecular flexibility index (Phi) is 4.52. The van der Waals surface area contributed by atoms with E-state index in [1.54, 1.807) is 11.3 Å². The molecule has 7 heteroatoms. The number of hydrogen-bond donors (Lipinski definition) is 1. The first kappa shape index (κ1) is 17.5. The van der Waals surface area contributed by atoms with Crippen molar-refractivity contribution in [1.82, 2.24) is 9.36 Å². The maximum atomic E-state index is 12.9. The Morgan fingerprint density at radius 2 is 1.92 bits per heavy atom. The third-order valence-corrected chi connectivity index (χ3v) is 7.36. The first-order chi connectivity index (χ1) is 12.5. The standard InChI is InChI=1S/C19H20N2O3S2/c1-9-16(18-20-10(2)21-26-18)15(25-17(9)11-6-7-11)8-14(22)12-4-3-5-13(12)19(23)24/h11H,3-8H2,1-2H3,(H,23,24). The van der Waals surface area contributed by atoms with Crippen molar-refractivity contribution in [1.29, 1.82) is 0 Å². The molecule has 2 heterocycles. The minimum atomic E-state index is -0.952. The Bertz CT molecular complexity index is 935. The molecule has 5 nitrogen and oxygen atoms in total. The lowest BCUT2D eigenvalue weighted by molar-refractivity contribution is -0.133. The molecule has 0 spiro atoms. The number of hydrogen-bond acceptors (Lipinski definition) is 6. The maximum absolute atomic E-state index is 12.9. The molecule has 1 N–H and O–H groups in total. The van der Waals surface area contributed by atoms with Gasteiger partial charge in [0.05, 0.1) is 0 Å². The van der Waals surface area contributed by atoms with Crippen molar-refractivity contribution in [3.63, 3.8) is 0 Å². The summed E-state index contributed by atoms with van der Waals surface area (Å²) in [6.45, 7) is 3.98. The number of carboxylic acid groups (broad SMARTS) is 1. The highest BCUT2D eigenvalue weighted by Crippen LogP contribution is 2.49. The molecular formula is C19H20N2O3S2. The van der Waals surface area contributed by atoms with E-state index in [1.165, 1.54) is 34.8 Å². The van der Waals surface area contributed by atoms with Crippen LogP contribution in [0.5, 0.6) is 0 Å². The van der Waals surface area contributed by atoms with Crippen LogP contribution < -0.4 is 0 Å². The number of ketones is 1. The SMILES string of the molecule is Cc1nsc(-c2c(CC(=O)C3=C(C(=O)O)CCC3)sc(C3CC3)c2C)n1. The van der Waals surface area contributed by atoms with E-state index >= 15 is 0 Å². The lowest BCUT2D eigenvalue weighted by atomic mass is 10.0. The normalized spacial score (nSPS) is 17.2. The average Bonchev–Trinajstić information content (AvgIpc) is 3.01. The molecule has 0 saturated heterocycles. The van der Waals surface area contributed by atoms with Gasteiger partial charge < -0.3 is 5.11 Å². The first-order valence-electron chi connectivity index (χ1n) is 8.87. The quantitative estimate of drug-likeness (QED) is 0.791. The molecule has 0 bridgehead atoms. The molecule has 0 aliphatic heterocycles. The highest BCUT2D eigenvalue weighted by molar-refractivity contribution is 7.14. The molecule has 2 aromatic rings. The lowest BCUT2D eigenvalue weighted by Crippen LogP contribution is -2.10. The van der Waals surface area contributed by atoms with Crippen molar-refractivity contribution < 1.29 is 14.7 Å². The monoisotopic (exact) mass is 388 g/mol. The lowest BCUT2D eigenvalue weighted by Gasteiger charge is -2.05. The first-order valence-corrected chi connectivity index (χ1v) is 10.5. The van der Waals surface area contributed by atoms with Gasteiger partial charge >= 0.3 is 5.97 Å². The molecule has 0 amide bonds. The fraction of sp³-hybridized carbons (Fsp3) is 0.474. The number of carbonyl (C=O) groups is 2. The molecule has 2 aliphatic carbocycles. The second kappa shape index (κ2) is 6.70. The molecule has 0 aromatic carbocycles. The van der Waals surface area contributed by atoms with Gasteiger partial charge in [-0.15, -0.1) is 11.3 Å². The van der Waals surface area contributed by atoms with E-state index < -0.39 is 5.97 Å². The van der Waals surface area contributed by atoms with Crippen LogP contribution in [0.4, 0.5) is 0 Å². The van der Waals surface area contributed by atoms with Gasteiger partial charge in [0.15, 0.2) is 5.78 Å². The Hall–Kier alpha value is -1.86. The number of aliphatic carboxylic acids is 1. The van der Waals surface area contributed by atoms with Gasteiger partial charge in [0.1, 0.15) is 10.8 Å². The van der Waals surface area contributed by atoms with Gasteiger partial charge in [-0.2, -0.15) is 4.37 Å². The van der Waals surface area contributed by atoms with Crippen LogP contribution in [0, 0.1) is 13.8 Å². The van der Waals surface area contributed by atoms with Gasteiger partial charge in [0, 0.05) is 32.9 Å². The van der Waals surface area contributed by atoms with Crippen molar-refractivity contribution in [3.05, 3.63) is 32.3 Å². The number of carboxylic acids is 1. The molecule has 0 unspecified atom stereocenters. The molecule has 1 fully saturated rings. The van der Waals surface area contributed by atoms with E-state index in [0.717, 1.165) is 27.7 Å². The summed E-state index contributed by atoms with van der Waals surface area (Å²) in [6, 6.07) is 0. The molecule has 0 atom stereocenters. The zero-order chi connectivity index (χ0) is 18.4. The van der Waals surface area contributed by atoms with Crippen LogP contribution in [0.3, 0.4) is 0 Å². The zero-order valence-corrected chi connectivity index (χ0v) is 16.4. The molecule has 2 aromatic heterocycles. The van der Waals surface area contributed by atoms with Crippen molar-refractivity contribution in [3.8, 4) is 10.6 Å². The predicted molar refractivity (Wildman–Crippen MR) is 102 cm³/mol. The van der Waals surface area contributed by atoms with Crippen molar-refractivity contribution in [2.75, 3.05) is 0 Å². The van der Waals surface area contributed by atoms with Crippen LogP contribution in [0.15, 0.2) is 11.1 Å². The number of Topliss-reactive ketones (excluding diaryl/α,β-unsaturated/α-hetero) is 1. The summed E-state index contributed by atoms with van der Waals surface area (Å²) >= 11 is 3.07. The van der Waals surface area contributed by atoms with Crippen LogP contribution in [0.25, 0.3) is 10.6 Å². The molecule has 4 rings (SSSR count). The van der Waals surface area contributed by atoms with Gasteiger partial charge in [-0.3, -0.25) is 4.79 Å². The Morgan fingerprint density at radius 3 is 2.54 bits per heavy atom. The van der Waals surface area contributed by atoms with E-state index in [4.69, 9.17) is 0 Å². The second-order valence-corrected chi connectivity index (χ2v) is 8.91. The minimum absolute atomic E-state index is 0.0500. The summed E-state index contributed by atoms with van der Waals surface area (Å²) in [5, 5.41) is 10.2. The van der Waals surface area contributed by atoms with Crippen LogP contribution in [-0.4, -0.2) is 26.2 Å². The van der Waals surface area contributed by atoms with Gasteiger partial charge in [-0.1, -0.05) is 0 Å². The van der Waals surface area contributed by atoms with Crippen LogP contribution in [0.2, 0.25) is 0 Å². The maximum Gasteiger partial charge on any atom is 0.331 e. The van der Waals surface area contributed by atoms with Crippen LogP contribution >= 0.6 is 22.9 Å². The van der Waals surface area contributed by atoms with Crippen molar-refractivity contribution in [2.24, 2.45) is 0 Å². The Morgan fingerprint density at radius 1 is 1.19 bits per heavy atom. The topological polar surface area (TPSA) is 80.2 Å². The van der Waals surface area contributed by atoms with Gasteiger partial charge in [0.2, 0.25) is 0 Å². The number of carbonyl (C=O) groups excluding carboxylic acids is 1. The van der Waals surface area contributed by atoms with E-state index in [2.05, 4.69) is 16.3 Å². The number of rotatable bonds is 6. The minimum Gasteiger partial charge on any atom is -0.478 e. The molecular weight excluding hydrogens is 368 g/mol. The third-order valence-electron chi connectivity index (χ3n) is 5.08. The molecule has 1 saturated carbocycles. The summed E-state index contributed by atoms with van der Waals surface area (Å²) in [5.74, 6) is 0.349. The third kappa shape index (κ3) is 3.14. The molecule has 2 aliphatic rings. The van der Waals surface area contributed by atoms with Crippen molar-refractivity contribution in [2.45, 2.75) is 58.3 Å². The summed E-state index contributed by atoms with van der Waals surface area (Å²) < 4.78 is 4.30. The Labute approximate surface area is 160 Å². The zero-order valence-electron chi connectivity index (χ0n) is 14.8. The molecule has 0 radical (unpaired) electrons. The van der Waals surface area contributed by atoms with E-state index in [-0.39, 0.29) is 12.2 Å². The van der Waals surface area contributed by atoms with E-state index in [1.807, 2.05) is 6.92 Å². The van der Waals surface area contributed by atoms with Gasteiger partial charge in [0.25, 0.3) is 0 Å². The highest BCUT2D eigenvalue weighted by Gasteiger charge is 2.32. The smallest absolute Gasteiger partial charge is 0.331 e. The summed E-state index contributed by atoms with van der Waals surface area (Å²) in [6.07, 6.45) is 4.50. The largest absolute Gasteiger partial charge is 0.478 e. The average molecular weight is 389 g/mol. The Balaban J connectivity index is 1.72. The second-order valence-electron chi connectivity index (χ2n) is 7.03. The number of allylic oxidation sites excluding steroid dienone is 1. The van der Waals surface area contributed by atoms with Gasteiger partial charge in [-0.25, -0.2) is 9.78 Å². The van der Waals surface area contributed by atoms with E-state index in [0.29, 0.717) is 29.9 Å². The number of nitrogens with zero attached hydrogens (tertiary/aromatic N) is 2. The van der Waals surface area contributed by atoms with Crippen molar-refractivity contribution >= 4 is 34.6 Å².